The molecule has 1 aromatic rings. The highest BCUT2D eigenvalue weighted by molar-refractivity contribution is 5.86. The van der Waals surface area contributed by atoms with Crippen LogP contribution < -0.4 is 4.74 Å². The Morgan fingerprint density at radius 3 is 2.73 bits per heavy atom. The number of carbonyl (C=O) groups is 1. The monoisotopic (exact) mass is 211 g/mol. The van der Waals surface area contributed by atoms with Crippen molar-refractivity contribution in [1.82, 2.24) is 5.16 Å². The van der Waals surface area contributed by atoms with E-state index in [9.17, 15) is 4.79 Å². The first-order valence-electron chi connectivity index (χ1n) is 5.01. The molecule has 1 aliphatic rings. The van der Waals surface area contributed by atoms with Gasteiger partial charge < -0.3 is 14.4 Å². The molecule has 0 aliphatic heterocycles. The van der Waals surface area contributed by atoms with Crippen LogP contribution in [0.2, 0.25) is 0 Å². The summed E-state index contributed by atoms with van der Waals surface area (Å²) >= 11 is 0. The highest BCUT2D eigenvalue weighted by Gasteiger charge is 2.30. The first-order chi connectivity index (χ1) is 7.24. The van der Waals surface area contributed by atoms with Gasteiger partial charge in [-0.15, -0.1) is 0 Å². The zero-order valence-electron chi connectivity index (χ0n) is 8.52. The molecule has 0 radical (unpaired) electrons. The highest BCUT2D eigenvalue weighted by Crippen LogP contribution is 2.40. The van der Waals surface area contributed by atoms with Crippen LogP contribution in [0.15, 0.2) is 4.52 Å². The highest BCUT2D eigenvalue weighted by atomic mass is 16.5. The van der Waals surface area contributed by atoms with Crippen molar-refractivity contribution in [2.45, 2.75) is 31.6 Å². The number of methoxy groups -OCH3 is 1. The summed E-state index contributed by atoms with van der Waals surface area (Å²) in [5, 5.41) is 12.6. The molecule has 1 aliphatic carbocycles. The molecular formula is C10H13NO4. The van der Waals surface area contributed by atoms with Crippen molar-refractivity contribution in [2.75, 3.05) is 7.11 Å². The van der Waals surface area contributed by atoms with Gasteiger partial charge in [0.15, 0.2) is 0 Å². The number of nitrogens with zero attached hydrogens (tertiary/aromatic N) is 1. The van der Waals surface area contributed by atoms with Gasteiger partial charge in [-0.25, -0.2) is 4.79 Å². The number of carboxylic acid groups (broad SMARTS) is 1. The van der Waals surface area contributed by atoms with Crippen LogP contribution in [0.3, 0.4) is 0 Å². The molecule has 1 aromatic heterocycles. The quantitative estimate of drug-likeness (QED) is 0.828. The summed E-state index contributed by atoms with van der Waals surface area (Å²) in [5.74, 6) is -0.608. The number of rotatable bonds is 3. The maximum absolute atomic E-state index is 10.9. The molecule has 0 unspecified atom stereocenters. The second-order valence-corrected chi connectivity index (χ2v) is 3.72. The zero-order valence-corrected chi connectivity index (χ0v) is 8.52. The van der Waals surface area contributed by atoms with Gasteiger partial charge in [-0.05, 0) is 23.9 Å². The van der Waals surface area contributed by atoms with Crippen molar-refractivity contribution in [3.05, 3.63) is 11.3 Å². The minimum Gasteiger partial charge on any atom is -0.479 e. The lowest BCUT2D eigenvalue weighted by atomic mass is 9.98. The third-order valence-corrected chi connectivity index (χ3v) is 2.85. The van der Waals surface area contributed by atoms with Crippen LogP contribution in [0.4, 0.5) is 0 Å². The van der Waals surface area contributed by atoms with Crippen molar-refractivity contribution < 1.29 is 19.2 Å². The predicted octanol–water partition coefficient (Wildman–Crippen LogP) is 2.04. The Bertz CT molecular complexity index is 365. The number of aromatic nitrogens is 1. The fraction of sp³-hybridized carbons (Fsp3) is 0.600. The lowest BCUT2D eigenvalue weighted by Crippen LogP contribution is -2.03. The fourth-order valence-electron chi connectivity index (χ4n) is 2.16. The van der Waals surface area contributed by atoms with Gasteiger partial charge in [0, 0.05) is 0 Å². The second kappa shape index (κ2) is 3.92. The Kier molecular flexibility index (Phi) is 2.62. The van der Waals surface area contributed by atoms with Crippen LogP contribution >= 0.6 is 0 Å². The van der Waals surface area contributed by atoms with Gasteiger partial charge in [0.25, 0.3) is 11.6 Å². The lowest BCUT2D eigenvalue weighted by molar-refractivity contribution is 0.0649. The Hall–Kier alpha value is -1.52. The van der Waals surface area contributed by atoms with E-state index in [4.69, 9.17) is 14.4 Å². The van der Waals surface area contributed by atoms with E-state index in [0.29, 0.717) is 11.4 Å². The molecule has 0 saturated heterocycles. The Balaban J connectivity index is 2.39. The van der Waals surface area contributed by atoms with Gasteiger partial charge in [0.05, 0.1) is 12.7 Å². The summed E-state index contributed by atoms with van der Waals surface area (Å²) in [7, 11) is 1.47. The molecule has 0 spiro atoms. The summed E-state index contributed by atoms with van der Waals surface area (Å²) in [6.07, 6.45) is 4.21. The van der Waals surface area contributed by atoms with Crippen LogP contribution in [0.1, 0.15) is 47.7 Å². The van der Waals surface area contributed by atoms with Crippen molar-refractivity contribution in [1.29, 1.82) is 0 Å². The van der Waals surface area contributed by atoms with E-state index < -0.39 is 5.97 Å². The lowest BCUT2D eigenvalue weighted by Gasteiger charge is -2.07. The van der Waals surface area contributed by atoms with E-state index in [1.807, 2.05) is 0 Å². The summed E-state index contributed by atoms with van der Waals surface area (Å²) in [6.45, 7) is 0. The van der Waals surface area contributed by atoms with Crippen LogP contribution in [-0.2, 0) is 0 Å². The van der Waals surface area contributed by atoms with Crippen LogP contribution in [0, 0.1) is 0 Å². The van der Waals surface area contributed by atoms with E-state index in [1.54, 1.807) is 0 Å². The van der Waals surface area contributed by atoms with Gasteiger partial charge in [-0.1, -0.05) is 12.8 Å². The van der Waals surface area contributed by atoms with E-state index in [1.165, 1.54) is 7.11 Å². The topological polar surface area (TPSA) is 72.6 Å². The van der Waals surface area contributed by atoms with Crippen LogP contribution in [-0.4, -0.2) is 23.3 Å². The summed E-state index contributed by atoms with van der Waals surface area (Å²) < 4.78 is 9.81. The summed E-state index contributed by atoms with van der Waals surface area (Å²) in [6, 6.07) is 0. The second-order valence-electron chi connectivity index (χ2n) is 3.72. The standard InChI is InChI=1S/C10H13NO4/c1-14-9-7(6-4-2-3-5-6)8(10(12)13)15-11-9/h6H,2-5H2,1H3,(H,12,13). The van der Waals surface area contributed by atoms with E-state index in [0.717, 1.165) is 25.7 Å². The van der Waals surface area contributed by atoms with E-state index in [-0.39, 0.29) is 11.7 Å². The van der Waals surface area contributed by atoms with Gasteiger partial charge in [-0.3, -0.25) is 0 Å². The van der Waals surface area contributed by atoms with Crippen molar-refractivity contribution in [3.63, 3.8) is 0 Å². The fourth-order valence-corrected chi connectivity index (χ4v) is 2.16. The number of aromatic carboxylic acids is 1. The number of ether oxygens (including phenoxy) is 1. The maximum Gasteiger partial charge on any atom is 0.375 e. The van der Waals surface area contributed by atoms with Crippen LogP contribution in [0.5, 0.6) is 5.88 Å². The van der Waals surface area contributed by atoms with Crippen molar-refractivity contribution in [2.24, 2.45) is 0 Å². The smallest absolute Gasteiger partial charge is 0.375 e. The average Bonchev–Trinajstić information content (AvgIpc) is 2.85. The predicted molar refractivity (Wildman–Crippen MR) is 51.2 cm³/mol. The first-order valence-corrected chi connectivity index (χ1v) is 5.01. The molecule has 0 bridgehead atoms. The van der Waals surface area contributed by atoms with Gasteiger partial charge in [0.1, 0.15) is 0 Å². The number of carboxylic acids is 1. The Morgan fingerprint density at radius 2 is 2.20 bits per heavy atom. The summed E-state index contributed by atoms with van der Waals surface area (Å²) in [5.41, 5.74) is 0.627. The largest absolute Gasteiger partial charge is 0.479 e. The first kappa shape index (κ1) is 10.0. The molecule has 2 rings (SSSR count). The molecule has 82 valence electrons. The maximum atomic E-state index is 10.9. The average molecular weight is 211 g/mol. The zero-order chi connectivity index (χ0) is 10.8. The minimum atomic E-state index is -1.08. The Morgan fingerprint density at radius 1 is 1.53 bits per heavy atom. The molecule has 0 aromatic carbocycles. The normalized spacial score (nSPS) is 16.9. The molecule has 1 fully saturated rings. The van der Waals surface area contributed by atoms with Gasteiger partial charge >= 0.3 is 5.97 Å². The van der Waals surface area contributed by atoms with E-state index >= 15 is 0 Å². The Labute approximate surface area is 87.0 Å². The third kappa shape index (κ3) is 1.69. The van der Waals surface area contributed by atoms with Gasteiger partial charge in [0.2, 0.25) is 0 Å². The molecule has 5 heteroatoms. The van der Waals surface area contributed by atoms with Crippen LogP contribution in [0.25, 0.3) is 0 Å². The molecule has 0 amide bonds. The van der Waals surface area contributed by atoms with Crippen molar-refractivity contribution in [3.8, 4) is 5.88 Å². The SMILES string of the molecule is COc1noc(C(=O)O)c1C1CCCC1. The molecule has 5 nitrogen and oxygen atoms in total. The molecule has 1 N–H and O–H groups in total. The molecular weight excluding hydrogens is 198 g/mol. The molecule has 15 heavy (non-hydrogen) atoms. The van der Waals surface area contributed by atoms with Crippen molar-refractivity contribution >= 4 is 5.97 Å². The third-order valence-electron chi connectivity index (χ3n) is 2.85. The van der Waals surface area contributed by atoms with E-state index in [2.05, 4.69) is 5.16 Å². The number of hydrogen-bond donors (Lipinski definition) is 1. The minimum absolute atomic E-state index is 0.0706. The number of hydrogen-bond acceptors (Lipinski definition) is 4. The molecule has 0 atom stereocenters. The summed E-state index contributed by atoms with van der Waals surface area (Å²) in [4.78, 5) is 10.9. The molecule has 1 saturated carbocycles. The van der Waals surface area contributed by atoms with Gasteiger partial charge in [-0.2, -0.15) is 0 Å². The molecule has 1 heterocycles.